The second-order valence-electron chi connectivity index (χ2n) is 9.34. The monoisotopic (exact) mass is 498 g/mol. The van der Waals surface area contributed by atoms with Crippen molar-refractivity contribution in [3.8, 4) is 11.3 Å². The molecule has 186 valence electrons. The molecule has 1 unspecified atom stereocenters. The van der Waals surface area contributed by atoms with E-state index < -0.39 is 17.7 Å². The fourth-order valence-corrected chi connectivity index (χ4v) is 4.21. The molecule has 0 spiro atoms. The Bertz CT molecular complexity index is 1320. The molecule has 4 aromatic heterocycles. The number of aryl methyl sites for hydroxylation is 3. The molecule has 4 rings (SSSR count). The zero-order valence-corrected chi connectivity index (χ0v) is 21.3. The third-order valence-electron chi connectivity index (χ3n) is 5.10. The Hall–Kier alpha value is -3.51. The standard InChI is InChI=1S/C23H30N8O3S/c1-14-8-19(35-29-14)28-20-21-24-10-18(15-9-25-30(5)11-15)31(21)12-16(26-20)6-7-17(13-32)27-22(33)34-23(2,3)4/h8-12,17,32H,6-7,13H2,1-5H3,(H,26,28)(H,27,33). The number of hydrogen-bond acceptors (Lipinski definition) is 9. The maximum atomic E-state index is 12.1. The summed E-state index contributed by atoms with van der Waals surface area (Å²) in [5, 5.41) is 21.0. The zero-order chi connectivity index (χ0) is 25.2. The SMILES string of the molecule is Cc1cc(Nc2nc(CCC(CO)NC(=O)OC(C)(C)C)cn3c(-c4cnn(C)c4)cnc23)sn1. The maximum Gasteiger partial charge on any atom is 0.407 e. The van der Waals surface area contributed by atoms with E-state index in [1.807, 2.05) is 36.8 Å². The second kappa shape index (κ2) is 10.0. The topological polar surface area (TPSA) is 131 Å². The Balaban J connectivity index is 1.61. The zero-order valence-electron chi connectivity index (χ0n) is 20.4. The molecule has 4 heterocycles. The van der Waals surface area contributed by atoms with Crippen LogP contribution in [0, 0.1) is 6.92 Å². The summed E-state index contributed by atoms with van der Waals surface area (Å²) in [5.74, 6) is 0.599. The van der Waals surface area contributed by atoms with Crippen LogP contribution in [0.3, 0.4) is 0 Å². The molecular formula is C23H30N8O3S. The van der Waals surface area contributed by atoms with Crippen LogP contribution in [0.4, 0.5) is 15.6 Å². The molecule has 35 heavy (non-hydrogen) atoms. The Morgan fingerprint density at radius 1 is 1.29 bits per heavy atom. The summed E-state index contributed by atoms with van der Waals surface area (Å²) in [4.78, 5) is 21.6. The molecule has 0 saturated heterocycles. The molecule has 0 aliphatic heterocycles. The highest BCUT2D eigenvalue weighted by Gasteiger charge is 2.20. The molecule has 1 amide bonds. The van der Waals surface area contributed by atoms with Gasteiger partial charge in [0.05, 0.1) is 42.1 Å². The number of aliphatic hydroxyl groups excluding tert-OH is 1. The first-order valence-corrected chi connectivity index (χ1v) is 12.1. The fourth-order valence-electron chi connectivity index (χ4n) is 3.55. The smallest absolute Gasteiger partial charge is 0.407 e. The third kappa shape index (κ3) is 6.14. The normalized spacial score (nSPS) is 12.6. The summed E-state index contributed by atoms with van der Waals surface area (Å²) in [6, 6.07) is 1.48. The van der Waals surface area contributed by atoms with Crippen LogP contribution in [0.1, 0.15) is 38.6 Å². The van der Waals surface area contributed by atoms with Crippen LogP contribution < -0.4 is 10.6 Å². The first-order valence-electron chi connectivity index (χ1n) is 11.3. The first-order chi connectivity index (χ1) is 16.6. The summed E-state index contributed by atoms with van der Waals surface area (Å²) < 4.78 is 13.4. The number of fused-ring (bicyclic) bond motifs is 1. The predicted octanol–water partition coefficient (Wildman–Crippen LogP) is 3.46. The lowest BCUT2D eigenvalue weighted by molar-refractivity contribution is 0.0479. The third-order valence-corrected chi connectivity index (χ3v) is 5.90. The van der Waals surface area contributed by atoms with Gasteiger partial charge >= 0.3 is 6.09 Å². The minimum Gasteiger partial charge on any atom is -0.444 e. The number of alkyl carbamates (subject to hydrolysis) is 1. The number of aliphatic hydroxyl groups is 1. The van der Waals surface area contributed by atoms with Crippen LogP contribution in [0.2, 0.25) is 0 Å². The Labute approximate surface area is 207 Å². The number of imidazole rings is 1. The number of rotatable bonds is 8. The van der Waals surface area contributed by atoms with Gasteiger partial charge in [0.2, 0.25) is 0 Å². The molecule has 11 nitrogen and oxygen atoms in total. The van der Waals surface area contributed by atoms with Crippen molar-refractivity contribution in [2.75, 3.05) is 11.9 Å². The molecule has 3 N–H and O–H groups in total. The Morgan fingerprint density at radius 2 is 2.09 bits per heavy atom. The van der Waals surface area contributed by atoms with Crippen molar-refractivity contribution in [2.45, 2.75) is 52.2 Å². The van der Waals surface area contributed by atoms with E-state index in [1.165, 1.54) is 11.5 Å². The van der Waals surface area contributed by atoms with E-state index in [-0.39, 0.29) is 6.61 Å². The lowest BCUT2D eigenvalue weighted by Crippen LogP contribution is -2.41. The number of anilines is 2. The number of aromatic nitrogens is 6. The van der Waals surface area contributed by atoms with Gasteiger partial charge in [0.25, 0.3) is 0 Å². The van der Waals surface area contributed by atoms with E-state index in [2.05, 4.69) is 25.1 Å². The first kappa shape index (κ1) is 24.6. The molecule has 0 aliphatic carbocycles. The fraction of sp³-hybridized carbons (Fsp3) is 0.435. The van der Waals surface area contributed by atoms with Crippen LogP contribution in [-0.4, -0.2) is 58.0 Å². The van der Waals surface area contributed by atoms with Crippen molar-refractivity contribution in [2.24, 2.45) is 7.05 Å². The van der Waals surface area contributed by atoms with Crippen molar-refractivity contribution >= 4 is 34.1 Å². The van der Waals surface area contributed by atoms with Gasteiger partial charge in [-0.05, 0) is 58.1 Å². The number of ether oxygens (including phenoxy) is 1. The van der Waals surface area contributed by atoms with Crippen molar-refractivity contribution in [3.63, 3.8) is 0 Å². The quantitative estimate of drug-likeness (QED) is 0.337. The Kier molecular flexibility index (Phi) is 7.03. The summed E-state index contributed by atoms with van der Waals surface area (Å²) in [7, 11) is 1.87. The Morgan fingerprint density at radius 3 is 2.71 bits per heavy atom. The molecule has 0 saturated carbocycles. The molecule has 0 aliphatic rings. The van der Waals surface area contributed by atoms with Crippen molar-refractivity contribution in [1.82, 2.24) is 33.8 Å². The number of nitrogens with zero attached hydrogens (tertiary/aromatic N) is 6. The minimum absolute atomic E-state index is 0.210. The summed E-state index contributed by atoms with van der Waals surface area (Å²) in [5.41, 5.74) is 3.56. The van der Waals surface area contributed by atoms with Crippen LogP contribution >= 0.6 is 11.5 Å². The van der Waals surface area contributed by atoms with Gasteiger partial charge in [-0.1, -0.05) is 0 Å². The minimum atomic E-state index is -0.615. The van der Waals surface area contributed by atoms with E-state index in [1.54, 1.807) is 37.8 Å². The predicted molar refractivity (Wildman–Crippen MR) is 134 cm³/mol. The lowest BCUT2D eigenvalue weighted by atomic mass is 10.1. The molecule has 4 aromatic rings. The number of amides is 1. The maximum absolute atomic E-state index is 12.1. The van der Waals surface area contributed by atoms with E-state index in [0.717, 1.165) is 27.6 Å². The highest BCUT2D eigenvalue weighted by molar-refractivity contribution is 7.10. The molecule has 1 atom stereocenters. The van der Waals surface area contributed by atoms with E-state index in [4.69, 9.17) is 9.72 Å². The second-order valence-corrected chi connectivity index (χ2v) is 10.1. The van der Waals surface area contributed by atoms with Crippen molar-refractivity contribution in [3.05, 3.63) is 42.2 Å². The number of nitrogens with one attached hydrogen (secondary N) is 2. The molecule has 12 heteroatoms. The van der Waals surface area contributed by atoms with Crippen molar-refractivity contribution < 1.29 is 14.6 Å². The number of carbonyl (C=O) groups excluding carboxylic acids is 1. The van der Waals surface area contributed by atoms with Gasteiger partial charge in [-0.25, -0.2) is 14.8 Å². The molecule has 0 bridgehead atoms. The lowest BCUT2D eigenvalue weighted by Gasteiger charge is -2.22. The van der Waals surface area contributed by atoms with Gasteiger partial charge in [-0.15, -0.1) is 0 Å². The summed E-state index contributed by atoms with van der Waals surface area (Å²) in [6.45, 7) is 7.11. The van der Waals surface area contributed by atoms with Gasteiger partial charge in [-0.2, -0.15) is 9.47 Å². The van der Waals surface area contributed by atoms with Crippen LogP contribution in [0.25, 0.3) is 16.9 Å². The van der Waals surface area contributed by atoms with Gasteiger partial charge < -0.3 is 20.5 Å². The van der Waals surface area contributed by atoms with Gasteiger partial charge in [-0.3, -0.25) is 9.08 Å². The highest BCUT2D eigenvalue weighted by atomic mass is 32.1. The van der Waals surface area contributed by atoms with Gasteiger partial charge in [0.1, 0.15) is 10.6 Å². The number of hydrogen-bond donors (Lipinski definition) is 3. The van der Waals surface area contributed by atoms with Gasteiger partial charge in [0.15, 0.2) is 11.5 Å². The average molecular weight is 499 g/mol. The molecular weight excluding hydrogens is 468 g/mol. The molecule has 0 aromatic carbocycles. The summed E-state index contributed by atoms with van der Waals surface area (Å²) in [6.07, 6.45) is 7.86. The van der Waals surface area contributed by atoms with Crippen LogP contribution in [0.5, 0.6) is 0 Å². The van der Waals surface area contributed by atoms with Crippen LogP contribution in [0.15, 0.2) is 30.9 Å². The van der Waals surface area contributed by atoms with E-state index in [9.17, 15) is 9.90 Å². The average Bonchev–Trinajstić information content (AvgIpc) is 3.49. The largest absolute Gasteiger partial charge is 0.444 e. The highest BCUT2D eigenvalue weighted by Crippen LogP contribution is 2.28. The van der Waals surface area contributed by atoms with E-state index in [0.29, 0.717) is 24.3 Å². The molecule has 0 radical (unpaired) electrons. The van der Waals surface area contributed by atoms with Crippen molar-refractivity contribution in [1.29, 1.82) is 0 Å². The molecule has 0 fully saturated rings. The van der Waals surface area contributed by atoms with Gasteiger partial charge in [0, 0.05) is 25.0 Å². The number of carbonyl (C=O) groups is 1. The summed E-state index contributed by atoms with van der Waals surface area (Å²) >= 11 is 1.35. The van der Waals surface area contributed by atoms with Crippen LogP contribution in [-0.2, 0) is 18.2 Å². The van der Waals surface area contributed by atoms with E-state index >= 15 is 0 Å².